The Bertz CT molecular complexity index is 1150. The molecule has 1 unspecified atom stereocenters. The molecule has 34 heavy (non-hydrogen) atoms. The molecule has 0 saturated heterocycles. The lowest BCUT2D eigenvalue weighted by Crippen LogP contribution is -2.47. The van der Waals surface area contributed by atoms with E-state index in [0.29, 0.717) is 22.4 Å². The minimum atomic E-state index is -1.97. The Kier molecular flexibility index (Phi) is 8.74. The minimum Gasteiger partial charge on any atom is -0.496 e. The normalized spacial score (nSPS) is 16.1. The molecule has 3 aromatic rings. The van der Waals surface area contributed by atoms with Crippen molar-refractivity contribution < 1.29 is 35.4 Å². The number of aromatic nitrogens is 2. The van der Waals surface area contributed by atoms with Gasteiger partial charge in [-0.1, -0.05) is 34.8 Å². The monoisotopic (exact) mass is 533 g/mol. The zero-order valence-electron chi connectivity index (χ0n) is 17.6. The van der Waals surface area contributed by atoms with Crippen molar-refractivity contribution in [3.8, 4) is 5.75 Å². The van der Waals surface area contributed by atoms with Gasteiger partial charge in [-0.3, -0.25) is 0 Å². The number of hydrogen-bond donors (Lipinski definition) is 7. The third-order valence-electron chi connectivity index (χ3n) is 5.16. The zero-order chi connectivity index (χ0) is 25.2. The van der Waals surface area contributed by atoms with Crippen molar-refractivity contribution in [2.24, 2.45) is 0 Å². The fourth-order valence-corrected chi connectivity index (χ4v) is 3.88. The summed E-state index contributed by atoms with van der Waals surface area (Å²) < 4.78 is 5.35. The number of rotatable bonds is 9. The molecule has 1 aromatic heterocycles. The smallest absolute Gasteiger partial charge is 0.141 e. The van der Waals surface area contributed by atoms with Crippen LogP contribution in [0.2, 0.25) is 15.1 Å². The number of aliphatic hydroxyl groups excluding tert-OH is 6. The predicted octanol–water partition coefficient (Wildman–Crippen LogP) is 1.81. The minimum absolute atomic E-state index is 0.0504. The van der Waals surface area contributed by atoms with Gasteiger partial charge in [0, 0.05) is 16.6 Å². The number of methoxy groups -OCH3 is 1. The van der Waals surface area contributed by atoms with E-state index in [4.69, 9.17) is 44.6 Å². The van der Waals surface area contributed by atoms with Gasteiger partial charge in [0.1, 0.15) is 48.4 Å². The molecule has 0 aliphatic heterocycles. The highest BCUT2D eigenvalue weighted by Gasteiger charge is 2.36. The van der Waals surface area contributed by atoms with Gasteiger partial charge in [-0.05, 0) is 24.3 Å². The summed E-state index contributed by atoms with van der Waals surface area (Å²) in [7, 11) is 1.33. The van der Waals surface area contributed by atoms with Crippen molar-refractivity contribution in [1.82, 2.24) is 9.97 Å². The third kappa shape index (κ3) is 5.46. The van der Waals surface area contributed by atoms with Crippen LogP contribution in [0.4, 0.5) is 11.5 Å². The number of fused-ring (bicyclic) bond motifs is 1. The Morgan fingerprint density at radius 1 is 0.912 bits per heavy atom. The van der Waals surface area contributed by atoms with Crippen molar-refractivity contribution in [2.45, 2.75) is 30.5 Å². The number of nitrogens with zero attached hydrogens (tertiary/aromatic N) is 2. The number of aliphatic hydroxyl groups is 6. The molecule has 7 N–H and O–H groups in total. The van der Waals surface area contributed by atoms with Crippen LogP contribution in [0.5, 0.6) is 5.75 Å². The highest BCUT2D eigenvalue weighted by Crippen LogP contribution is 2.37. The van der Waals surface area contributed by atoms with Gasteiger partial charge in [0.25, 0.3) is 0 Å². The topological polar surface area (TPSA) is 168 Å². The number of benzene rings is 2. The Hall–Kier alpha value is -1.99. The second-order valence-electron chi connectivity index (χ2n) is 7.38. The van der Waals surface area contributed by atoms with E-state index in [-0.39, 0.29) is 26.4 Å². The Morgan fingerprint density at radius 3 is 2.15 bits per heavy atom. The summed E-state index contributed by atoms with van der Waals surface area (Å²) in [4.78, 5) is 8.39. The van der Waals surface area contributed by atoms with Crippen LogP contribution in [-0.2, 0) is 0 Å². The molecule has 3 rings (SSSR count). The highest BCUT2D eigenvalue weighted by atomic mass is 35.5. The first-order valence-corrected chi connectivity index (χ1v) is 11.0. The molecule has 0 fully saturated rings. The van der Waals surface area contributed by atoms with Gasteiger partial charge < -0.3 is 40.7 Å². The van der Waals surface area contributed by atoms with Crippen LogP contribution in [0.1, 0.15) is 11.7 Å². The molecule has 0 bridgehead atoms. The van der Waals surface area contributed by atoms with Gasteiger partial charge in [0.15, 0.2) is 0 Å². The molecule has 0 amide bonds. The molecule has 10 nitrogen and oxygen atoms in total. The number of anilines is 2. The van der Waals surface area contributed by atoms with Crippen molar-refractivity contribution in [3.63, 3.8) is 0 Å². The molecule has 0 radical (unpaired) electrons. The second kappa shape index (κ2) is 11.2. The Labute approximate surface area is 209 Å². The van der Waals surface area contributed by atoms with Gasteiger partial charge in [-0.15, -0.1) is 0 Å². The molecule has 0 aliphatic rings. The van der Waals surface area contributed by atoms with Crippen molar-refractivity contribution in [2.75, 3.05) is 19.0 Å². The maximum absolute atomic E-state index is 10.7. The molecule has 13 heteroatoms. The van der Waals surface area contributed by atoms with Gasteiger partial charge in [-0.25, -0.2) is 9.97 Å². The van der Waals surface area contributed by atoms with Crippen molar-refractivity contribution in [1.29, 1.82) is 0 Å². The fraction of sp³-hybridized carbons (Fsp3) is 0.333. The van der Waals surface area contributed by atoms with Crippen LogP contribution in [0.3, 0.4) is 0 Å². The first-order chi connectivity index (χ1) is 16.1. The second-order valence-corrected chi connectivity index (χ2v) is 8.57. The summed E-state index contributed by atoms with van der Waals surface area (Å²) in [5.74, 6) is 0.467. The summed E-state index contributed by atoms with van der Waals surface area (Å²) in [6.07, 6.45) is -8.00. The molecule has 184 valence electrons. The first kappa shape index (κ1) is 26.6. The van der Waals surface area contributed by atoms with Crippen molar-refractivity contribution in [3.05, 3.63) is 51.2 Å². The molecule has 1 heterocycles. The van der Waals surface area contributed by atoms with Gasteiger partial charge in [0.2, 0.25) is 0 Å². The van der Waals surface area contributed by atoms with E-state index in [0.717, 1.165) is 0 Å². The molecular weight excluding hydrogens is 513 g/mol. The van der Waals surface area contributed by atoms with Crippen LogP contribution in [0, 0.1) is 0 Å². The fourth-order valence-electron chi connectivity index (χ4n) is 3.28. The summed E-state index contributed by atoms with van der Waals surface area (Å²) in [6.45, 7) is -0.850. The molecule has 2 aromatic carbocycles. The van der Waals surface area contributed by atoms with Crippen LogP contribution in [-0.4, -0.2) is 78.7 Å². The van der Waals surface area contributed by atoms with E-state index >= 15 is 0 Å². The van der Waals surface area contributed by atoms with Crippen LogP contribution in [0.15, 0.2) is 30.6 Å². The molecule has 0 spiro atoms. The third-order valence-corrected chi connectivity index (χ3v) is 6.35. The van der Waals surface area contributed by atoms with E-state index in [2.05, 4.69) is 15.3 Å². The van der Waals surface area contributed by atoms with Crippen LogP contribution in [0.25, 0.3) is 10.9 Å². The summed E-state index contributed by atoms with van der Waals surface area (Å²) in [5.41, 5.74) is 0.892. The maximum Gasteiger partial charge on any atom is 0.141 e. The Morgan fingerprint density at radius 2 is 1.56 bits per heavy atom. The standard InChI is InChI=1S/C21H22Cl3N3O7/c1-34-15-5-9-13(4-10(15)17(30)19(32)20(33)18(31)14(29)6-28)25-7-26-21(9)27-8-2-11(22)16(24)12(23)3-8/h2-5,7,14,17-20,28-33H,6H2,1H3,(H,25,26,27)/t14-,17?,18+,19-,20-/m1/s1. The van der Waals surface area contributed by atoms with E-state index < -0.39 is 37.1 Å². The number of halogens is 3. The number of hydrogen-bond acceptors (Lipinski definition) is 10. The van der Waals surface area contributed by atoms with Crippen LogP contribution >= 0.6 is 34.8 Å². The van der Waals surface area contributed by atoms with E-state index in [1.54, 1.807) is 12.1 Å². The summed E-state index contributed by atoms with van der Waals surface area (Å²) >= 11 is 18.2. The predicted molar refractivity (Wildman–Crippen MR) is 127 cm³/mol. The highest BCUT2D eigenvalue weighted by molar-refractivity contribution is 6.48. The average molecular weight is 535 g/mol. The zero-order valence-corrected chi connectivity index (χ0v) is 19.9. The van der Waals surface area contributed by atoms with Crippen LogP contribution < -0.4 is 10.1 Å². The largest absolute Gasteiger partial charge is 0.496 e. The molecular formula is C21H22Cl3N3O7. The molecule has 0 saturated carbocycles. The number of nitrogens with one attached hydrogen (secondary N) is 1. The van der Waals surface area contributed by atoms with Gasteiger partial charge in [0.05, 0.1) is 34.3 Å². The van der Waals surface area contributed by atoms with E-state index in [1.165, 1.54) is 25.6 Å². The first-order valence-electron chi connectivity index (χ1n) is 9.84. The number of ether oxygens (including phenoxy) is 1. The lowest BCUT2D eigenvalue weighted by Gasteiger charge is -2.29. The molecule has 5 atom stereocenters. The quantitative estimate of drug-likeness (QED) is 0.201. The van der Waals surface area contributed by atoms with Gasteiger partial charge >= 0.3 is 0 Å². The average Bonchev–Trinajstić information content (AvgIpc) is 2.84. The molecule has 0 aliphatic carbocycles. The maximum atomic E-state index is 10.7. The van der Waals surface area contributed by atoms with Gasteiger partial charge in [-0.2, -0.15) is 0 Å². The lowest BCUT2D eigenvalue weighted by atomic mass is 9.94. The van der Waals surface area contributed by atoms with Crippen molar-refractivity contribution >= 4 is 57.2 Å². The summed E-state index contributed by atoms with van der Waals surface area (Å²) in [6, 6.07) is 6.04. The SMILES string of the molecule is COc1cc2c(Nc3cc(Cl)c(Cl)c(Cl)c3)ncnc2cc1C(O)[C@@H](O)[C@H](O)[C@@H](O)[C@H](O)CO. The lowest BCUT2D eigenvalue weighted by molar-refractivity contribution is -0.141. The van der Waals surface area contributed by atoms with E-state index in [9.17, 15) is 25.5 Å². The summed E-state index contributed by atoms with van der Waals surface area (Å²) in [5, 5.41) is 63.7. The van der Waals surface area contributed by atoms with E-state index in [1.807, 2.05) is 0 Å². The Balaban J connectivity index is 1.98.